The smallest absolute Gasteiger partial charge is 0.155 e. The van der Waals surface area contributed by atoms with Gasteiger partial charge in [-0.2, -0.15) is 0 Å². The number of nitrogens with zero attached hydrogens (tertiary/aromatic N) is 2. The predicted octanol–water partition coefficient (Wildman–Crippen LogP) is 1.24. The summed E-state index contributed by atoms with van der Waals surface area (Å²) in [4.78, 5) is 16.3. The molecule has 2 heterocycles. The summed E-state index contributed by atoms with van der Waals surface area (Å²) >= 11 is 0. The maximum absolute atomic E-state index is 13.1. The van der Waals surface area contributed by atoms with Crippen molar-refractivity contribution in [1.82, 2.24) is 4.98 Å². The molecule has 0 unspecified atom stereocenters. The first-order valence-electron chi connectivity index (χ1n) is 4.16. The van der Waals surface area contributed by atoms with E-state index in [0.717, 1.165) is 25.7 Å². The van der Waals surface area contributed by atoms with Crippen LogP contribution < -0.4 is 4.90 Å². The van der Waals surface area contributed by atoms with Crippen molar-refractivity contribution in [2.75, 3.05) is 18.0 Å². The average molecular weight is 180 g/mol. The molecule has 1 aromatic rings. The molecular weight excluding hydrogens is 171 g/mol. The highest BCUT2D eigenvalue weighted by Gasteiger charge is 2.19. The maximum atomic E-state index is 13.1. The molecule has 1 aliphatic heterocycles. The first-order valence-corrected chi connectivity index (χ1v) is 4.16. The van der Waals surface area contributed by atoms with Crippen molar-refractivity contribution in [3.63, 3.8) is 0 Å². The van der Waals surface area contributed by atoms with E-state index in [-0.39, 0.29) is 5.56 Å². The second kappa shape index (κ2) is 3.12. The molecule has 0 amide bonds. The Hall–Kier alpha value is -1.45. The topological polar surface area (TPSA) is 33.2 Å². The zero-order chi connectivity index (χ0) is 9.26. The summed E-state index contributed by atoms with van der Waals surface area (Å²) in [7, 11) is 0. The molecule has 1 fully saturated rings. The minimum atomic E-state index is -0.542. The highest BCUT2D eigenvalue weighted by atomic mass is 19.1. The fourth-order valence-electron chi connectivity index (χ4n) is 1.36. The molecule has 0 aromatic carbocycles. The van der Waals surface area contributed by atoms with Crippen molar-refractivity contribution in [2.45, 2.75) is 6.42 Å². The van der Waals surface area contributed by atoms with Crippen LogP contribution in [0.25, 0.3) is 0 Å². The van der Waals surface area contributed by atoms with Gasteiger partial charge in [0.25, 0.3) is 0 Å². The number of hydrogen-bond acceptors (Lipinski definition) is 3. The Morgan fingerprint density at radius 2 is 2.23 bits per heavy atom. The third-order valence-corrected chi connectivity index (χ3v) is 2.23. The quantitative estimate of drug-likeness (QED) is 0.642. The third kappa shape index (κ3) is 1.28. The van der Waals surface area contributed by atoms with Crippen molar-refractivity contribution in [1.29, 1.82) is 0 Å². The van der Waals surface area contributed by atoms with Crippen LogP contribution >= 0.6 is 0 Å². The van der Waals surface area contributed by atoms with Crippen molar-refractivity contribution in [3.8, 4) is 0 Å². The van der Waals surface area contributed by atoms with Crippen molar-refractivity contribution >= 4 is 12.0 Å². The second-order valence-electron chi connectivity index (χ2n) is 3.01. The standard InChI is InChI=1S/C9H9FN2O/c10-8-4-11-5-9(7(8)6-13)12-2-1-3-12/h4-6H,1-3H2. The lowest BCUT2D eigenvalue weighted by atomic mass is 10.1. The summed E-state index contributed by atoms with van der Waals surface area (Å²) < 4.78 is 13.1. The molecule has 13 heavy (non-hydrogen) atoms. The molecule has 0 saturated carbocycles. The SMILES string of the molecule is O=Cc1c(F)cncc1N1CCC1. The average Bonchev–Trinajstić information content (AvgIpc) is 2.01. The Bertz CT molecular complexity index is 336. The van der Waals surface area contributed by atoms with E-state index in [2.05, 4.69) is 4.98 Å². The van der Waals surface area contributed by atoms with E-state index in [1.165, 1.54) is 6.20 Å². The zero-order valence-corrected chi connectivity index (χ0v) is 7.03. The van der Waals surface area contributed by atoms with Gasteiger partial charge < -0.3 is 4.90 Å². The molecule has 0 atom stereocenters. The third-order valence-electron chi connectivity index (χ3n) is 2.23. The molecule has 2 rings (SSSR count). The van der Waals surface area contributed by atoms with E-state index >= 15 is 0 Å². The molecule has 0 N–H and O–H groups in total. The molecule has 0 aliphatic carbocycles. The van der Waals surface area contributed by atoms with Gasteiger partial charge in [-0.15, -0.1) is 0 Å². The lowest BCUT2D eigenvalue weighted by molar-refractivity contribution is 0.112. The second-order valence-corrected chi connectivity index (χ2v) is 3.01. The van der Waals surface area contributed by atoms with Gasteiger partial charge in [0, 0.05) is 13.1 Å². The summed E-state index contributed by atoms with van der Waals surface area (Å²) in [5, 5.41) is 0. The van der Waals surface area contributed by atoms with E-state index in [4.69, 9.17) is 0 Å². The molecule has 1 aliphatic rings. The van der Waals surface area contributed by atoms with Gasteiger partial charge in [0.15, 0.2) is 12.1 Å². The van der Waals surface area contributed by atoms with Crippen molar-refractivity contribution in [2.24, 2.45) is 0 Å². The lowest BCUT2D eigenvalue weighted by Gasteiger charge is -2.33. The van der Waals surface area contributed by atoms with Crippen LogP contribution in [0.4, 0.5) is 10.1 Å². The van der Waals surface area contributed by atoms with E-state index in [1.807, 2.05) is 4.90 Å². The molecule has 0 radical (unpaired) electrons. The summed E-state index contributed by atoms with van der Waals surface area (Å²) in [6.07, 6.45) is 4.23. The van der Waals surface area contributed by atoms with Gasteiger partial charge in [-0.05, 0) is 6.42 Å². The van der Waals surface area contributed by atoms with Gasteiger partial charge in [0.05, 0.1) is 23.6 Å². The van der Waals surface area contributed by atoms with Gasteiger partial charge in [-0.3, -0.25) is 9.78 Å². The lowest BCUT2D eigenvalue weighted by Crippen LogP contribution is -2.37. The van der Waals surface area contributed by atoms with Crippen LogP contribution in [-0.4, -0.2) is 24.4 Å². The molecule has 3 nitrogen and oxygen atoms in total. The predicted molar refractivity (Wildman–Crippen MR) is 46.4 cm³/mol. The maximum Gasteiger partial charge on any atom is 0.155 e. The number of carbonyl (C=O) groups excluding carboxylic acids is 1. The van der Waals surface area contributed by atoms with Crippen LogP contribution in [-0.2, 0) is 0 Å². The molecule has 0 bridgehead atoms. The number of rotatable bonds is 2. The molecular formula is C9H9FN2O. The minimum Gasteiger partial charge on any atom is -0.369 e. The molecule has 1 saturated heterocycles. The van der Waals surface area contributed by atoms with E-state index in [1.54, 1.807) is 0 Å². The zero-order valence-electron chi connectivity index (χ0n) is 7.03. The minimum absolute atomic E-state index is 0.120. The number of aldehydes is 1. The summed E-state index contributed by atoms with van der Waals surface area (Å²) in [5.74, 6) is -0.542. The van der Waals surface area contributed by atoms with Gasteiger partial charge in [0.2, 0.25) is 0 Å². The highest BCUT2D eigenvalue weighted by molar-refractivity contribution is 5.84. The first-order chi connectivity index (χ1) is 6.33. The number of pyridine rings is 1. The molecule has 0 spiro atoms. The van der Waals surface area contributed by atoms with Gasteiger partial charge in [-0.25, -0.2) is 4.39 Å². The number of aromatic nitrogens is 1. The highest BCUT2D eigenvalue weighted by Crippen LogP contribution is 2.24. The van der Waals surface area contributed by atoms with Crippen LogP contribution in [0.2, 0.25) is 0 Å². The Balaban J connectivity index is 2.42. The van der Waals surface area contributed by atoms with Crippen LogP contribution in [0.1, 0.15) is 16.8 Å². The Kier molecular flexibility index (Phi) is 1.96. The Labute approximate surface area is 75.2 Å². The van der Waals surface area contributed by atoms with Crippen LogP contribution in [0.5, 0.6) is 0 Å². The van der Waals surface area contributed by atoms with Gasteiger partial charge in [0.1, 0.15) is 0 Å². The van der Waals surface area contributed by atoms with E-state index in [9.17, 15) is 9.18 Å². The largest absolute Gasteiger partial charge is 0.369 e. The first kappa shape index (κ1) is 8.16. The number of anilines is 1. The van der Waals surface area contributed by atoms with Crippen LogP contribution in [0.3, 0.4) is 0 Å². The Morgan fingerprint density at radius 1 is 1.46 bits per heavy atom. The summed E-state index contributed by atoms with van der Waals surface area (Å²) in [6.45, 7) is 1.76. The number of hydrogen-bond donors (Lipinski definition) is 0. The summed E-state index contributed by atoms with van der Waals surface area (Å²) in [6, 6.07) is 0. The fraction of sp³-hybridized carbons (Fsp3) is 0.333. The Morgan fingerprint density at radius 3 is 2.77 bits per heavy atom. The molecule has 1 aromatic heterocycles. The van der Waals surface area contributed by atoms with E-state index in [0.29, 0.717) is 12.0 Å². The fourth-order valence-corrected chi connectivity index (χ4v) is 1.36. The number of carbonyl (C=O) groups is 1. The van der Waals surface area contributed by atoms with Crippen LogP contribution in [0, 0.1) is 5.82 Å². The van der Waals surface area contributed by atoms with E-state index < -0.39 is 5.82 Å². The van der Waals surface area contributed by atoms with Crippen molar-refractivity contribution in [3.05, 3.63) is 23.8 Å². The molecule has 68 valence electrons. The normalized spacial score (nSPS) is 15.3. The summed E-state index contributed by atoms with van der Waals surface area (Å²) in [5.41, 5.74) is 0.732. The van der Waals surface area contributed by atoms with Gasteiger partial charge in [-0.1, -0.05) is 0 Å². The van der Waals surface area contributed by atoms with Gasteiger partial charge >= 0.3 is 0 Å². The van der Waals surface area contributed by atoms with Crippen LogP contribution in [0.15, 0.2) is 12.4 Å². The monoisotopic (exact) mass is 180 g/mol. The molecule has 4 heteroatoms. The number of halogens is 1. The van der Waals surface area contributed by atoms with Crippen molar-refractivity contribution < 1.29 is 9.18 Å².